The second-order valence-corrected chi connectivity index (χ2v) is 4.53. The molecule has 0 fully saturated rings. The SMILES string of the molecule is COCCNCC(=O)Nc1ccc(Cl)cc1NC(C)=O. The van der Waals surface area contributed by atoms with Crippen LogP contribution < -0.4 is 16.0 Å². The lowest BCUT2D eigenvalue weighted by Gasteiger charge is -2.12. The molecule has 0 aliphatic rings. The van der Waals surface area contributed by atoms with Crippen LogP contribution in [-0.2, 0) is 14.3 Å². The molecule has 0 aromatic heterocycles. The van der Waals surface area contributed by atoms with Gasteiger partial charge in [0.05, 0.1) is 24.5 Å². The van der Waals surface area contributed by atoms with Crippen LogP contribution in [0.2, 0.25) is 5.02 Å². The molecule has 110 valence electrons. The highest BCUT2D eigenvalue weighted by atomic mass is 35.5. The summed E-state index contributed by atoms with van der Waals surface area (Å²) < 4.78 is 4.86. The van der Waals surface area contributed by atoms with Crippen molar-refractivity contribution in [3.05, 3.63) is 23.2 Å². The van der Waals surface area contributed by atoms with Crippen LogP contribution in [0.4, 0.5) is 11.4 Å². The number of nitrogens with one attached hydrogen (secondary N) is 3. The Kier molecular flexibility index (Phi) is 7.00. The van der Waals surface area contributed by atoms with Crippen molar-refractivity contribution >= 4 is 34.8 Å². The number of benzene rings is 1. The van der Waals surface area contributed by atoms with E-state index in [9.17, 15) is 9.59 Å². The number of carbonyl (C=O) groups excluding carboxylic acids is 2. The van der Waals surface area contributed by atoms with E-state index >= 15 is 0 Å². The molecule has 0 atom stereocenters. The second-order valence-electron chi connectivity index (χ2n) is 4.09. The monoisotopic (exact) mass is 299 g/mol. The molecule has 0 radical (unpaired) electrons. The Labute approximate surface area is 122 Å². The summed E-state index contributed by atoms with van der Waals surface area (Å²) in [5.74, 6) is -0.448. The van der Waals surface area contributed by atoms with Crippen LogP contribution in [0.3, 0.4) is 0 Å². The smallest absolute Gasteiger partial charge is 0.238 e. The number of amides is 2. The van der Waals surface area contributed by atoms with Gasteiger partial charge in [0.25, 0.3) is 0 Å². The van der Waals surface area contributed by atoms with Gasteiger partial charge in [0, 0.05) is 25.6 Å². The highest BCUT2D eigenvalue weighted by molar-refractivity contribution is 6.31. The average Bonchev–Trinajstić information content (AvgIpc) is 2.37. The summed E-state index contributed by atoms with van der Waals surface area (Å²) >= 11 is 5.86. The van der Waals surface area contributed by atoms with Gasteiger partial charge >= 0.3 is 0 Å². The number of carbonyl (C=O) groups is 2. The van der Waals surface area contributed by atoms with Gasteiger partial charge in [-0.2, -0.15) is 0 Å². The molecule has 0 saturated carbocycles. The van der Waals surface area contributed by atoms with Crippen LogP contribution in [0.25, 0.3) is 0 Å². The van der Waals surface area contributed by atoms with Crippen molar-refractivity contribution in [2.45, 2.75) is 6.92 Å². The molecular weight excluding hydrogens is 282 g/mol. The zero-order valence-corrected chi connectivity index (χ0v) is 12.2. The molecule has 1 aromatic rings. The number of hydrogen-bond acceptors (Lipinski definition) is 4. The fraction of sp³-hybridized carbons (Fsp3) is 0.385. The molecule has 7 heteroatoms. The molecule has 3 N–H and O–H groups in total. The average molecular weight is 300 g/mol. The molecule has 6 nitrogen and oxygen atoms in total. The van der Waals surface area contributed by atoms with Gasteiger partial charge < -0.3 is 20.7 Å². The topological polar surface area (TPSA) is 79.5 Å². The second kappa shape index (κ2) is 8.52. The van der Waals surface area contributed by atoms with Crippen LogP contribution in [0.5, 0.6) is 0 Å². The van der Waals surface area contributed by atoms with Gasteiger partial charge in [-0.1, -0.05) is 11.6 Å². The van der Waals surface area contributed by atoms with Crippen LogP contribution in [0.1, 0.15) is 6.92 Å². The zero-order valence-electron chi connectivity index (χ0n) is 11.5. The van der Waals surface area contributed by atoms with E-state index in [1.54, 1.807) is 25.3 Å². The highest BCUT2D eigenvalue weighted by Crippen LogP contribution is 2.25. The van der Waals surface area contributed by atoms with Crippen LogP contribution in [0.15, 0.2) is 18.2 Å². The summed E-state index contributed by atoms with van der Waals surface area (Å²) in [4.78, 5) is 22.9. The molecular formula is C13H18ClN3O3. The van der Waals surface area contributed by atoms with E-state index in [1.807, 2.05) is 0 Å². The third kappa shape index (κ3) is 6.01. The van der Waals surface area contributed by atoms with Gasteiger partial charge in [0.2, 0.25) is 11.8 Å². The molecule has 0 spiro atoms. The summed E-state index contributed by atoms with van der Waals surface area (Å²) in [6, 6.07) is 4.86. The normalized spacial score (nSPS) is 10.2. The highest BCUT2D eigenvalue weighted by Gasteiger charge is 2.08. The van der Waals surface area contributed by atoms with Crippen molar-refractivity contribution in [1.29, 1.82) is 0 Å². The Bertz CT molecular complexity index is 480. The van der Waals surface area contributed by atoms with Crippen molar-refractivity contribution in [2.75, 3.05) is 37.4 Å². The summed E-state index contributed by atoms with van der Waals surface area (Å²) in [5.41, 5.74) is 0.971. The molecule has 0 aliphatic carbocycles. The molecule has 20 heavy (non-hydrogen) atoms. The first-order valence-corrected chi connectivity index (χ1v) is 6.47. The van der Waals surface area contributed by atoms with Crippen molar-refractivity contribution < 1.29 is 14.3 Å². The maximum atomic E-state index is 11.7. The number of ether oxygens (including phenoxy) is 1. The van der Waals surface area contributed by atoms with E-state index in [2.05, 4.69) is 16.0 Å². The summed E-state index contributed by atoms with van der Waals surface area (Å²) in [6.07, 6.45) is 0. The largest absolute Gasteiger partial charge is 0.383 e. The van der Waals surface area contributed by atoms with E-state index in [-0.39, 0.29) is 18.4 Å². The van der Waals surface area contributed by atoms with Crippen molar-refractivity contribution in [1.82, 2.24) is 5.32 Å². The van der Waals surface area contributed by atoms with E-state index in [0.29, 0.717) is 29.5 Å². The molecule has 0 saturated heterocycles. The van der Waals surface area contributed by atoms with E-state index in [0.717, 1.165) is 0 Å². The number of anilines is 2. The maximum Gasteiger partial charge on any atom is 0.238 e. The molecule has 1 aromatic carbocycles. The summed E-state index contributed by atoms with van der Waals surface area (Å²) in [5, 5.41) is 8.73. The van der Waals surface area contributed by atoms with E-state index < -0.39 is 0 Å². The van der Waals surface area contributed by atoms with Gasteiger partial charge in [-0.05, 0) is 18.2 Å². The van der Waals surface area contributed by atoms with Gasteiger partial charge in [0.1, 0.15) is 0 Å². The first-order chi connectivity index (χ1) is 9.52. The Hall–Kier alpha value is -1.63. The molecule has 0 bridgehead atoms. The fourth-order valence-corrected chi connectivity index (χ4v) is 1.66. The lowest BCUT2D eigenvalue weighted by molar-refractivity contribution is -0.116. The summed E-state index contributed by atoms with van der Waals surface area (Å²) in [7, 11) is 1.59. The lowest BCUT2D eigenvalue weighted by Crippen LogP contribution is -2.30. The van der Waals surface area contributed by atoms with Gasteiger partial charge in [-0.15, -0.1) is 0 Å². The molecule has 0 unspecified atom stereocenters. The van der Waals surface area contributed by atoms with Gasteiger partial charge in [-0.25, -0.2) is 0 Å². The van der Waals surface area contributed by atoms with E-state index in [4.69, 9.17) is 16.3 Å². The third-order valence-corrected chi connectivity index (χ3v) is 2.57. The van der Waals surface area contributed by atoms with Gasteiger partial charge in [0.15, 0.2) is 0 Å². The van der Waals surface area contributed by atoms with Crippen molar-refractivity contribution in [3.8, 4) is 0 Å². The van der Waals surface area contributed by atoms with Crippen molar-refractivity contribution in [3.63, 3.8) is 0 Å². The van der Waals surface area contributed by atoms with Crippen molar-refractivity contribution in [2.24, 2.45) is 0 Å². The Morgan fingerprint density at radius 1 is 1.25 bits per heavy atom. The number of methoxy groups -OCH3 is 1. The fourth-order valence-electron chi connectivity index (χ4n) is 1.49. The third-order valence-electron chi connectivity index (χ3n) is 2.33. The molecule has 0 aliphatic heterocycles. The first kappa shape index (κ1) is 16.4. The van der Waals surface area contributed by atoms with Crippen LogP contribution >= 0.6 is 11.6 Å². The number of hydrogen-bond donors (Lipinski definition) is 3. The van der Waals surface area contributed by atoms with E-state index in [1.165, 1.54) is 6.92 Å². The Balaban J connectivity index is 2.61. The molecule has 2 amide bonds. The minimum Gasteiger partial charge on any atom is -0.383 e. The van der Waals surface area contributed by atoms with Crippen LogP contribution in [0, 0.1) is 0 Å². The maximum absolute atomic E-state index is 11.7. The zero-order chi connectivity index (χ0) is 15.0. The predicted molar refractivity (Wildman–Crippen MR) is 79.1 cm³/mol. The van der Waals surface area contributed by atoms with Gasteiger partial charge in [-0.3, -0.25) is 9.59 Å². The first-order valence-electron chi connectivity index (χ1n) is 6.09. The number of halogens is 1. The quantitative estimate of drug-likeness (QED) is 0.666. The Morgan fingerprint density at radius 2 is 2.00 bits per heavy atom. The van der Waals surface area contributed by atoms with Crippen LogP contribution in [-0.4, -0.2) is 38.6 Å². The summed E-state index contributed by atoms with van der Waals surface area (Å²) in [6.45, 7) is 2.67. The lowest BCUT2D eigenvalue weighted by atomic mass is 10.2. The molecule has 0 heterocycles. The predicted octanol–water partition coefficient (Wildman–Crippen LogP) is 1.47. The minimum absolute atomic E-state index is 0.158. The molecule has 1 rings (SSSR count). The Morgan fingerprint density at radius 3 is 2.65 bits per heavy atom. The minimum atomic E-state index is -0.235. The number of rotatable bonds is 7. The standard InChI is InChI=1S/C13H18ClN3O3/c1-9(18)16-12-7-10(14)3-4-11(12)17-13(19)8-15-5-6-20-2/h3-4,7,15H,5-6,8H2,1-2H3,(H,16,18)(H,17,19).